The number of ether oxygens (including phenoxy) is 1. The summed E-state index contributed by atoms with van der Waals surface area (Å²) in [7, 11) is 0. The Kier molecular flexibility index (Phi) is 3.23. The van der Waals surface area contributed by atoms with Crippen LogP contribution < -0.4 is 4.74 Å². The predicted molar refractivity (Wildman–Crippen MR) is 83.8 cm³/mol. The zero-order valence-electron chi connectivity index (χ0n) is 12.4. The Hall–Kier alpha value is -3.22. The van der Waals surface area contributed by atoms with Gasteiger partial charge in [0.2, 0.25) is 5.88 Å². The summed E-state index contributed by atoms with van der Waals surface area (Å²) >= 11 is 0. The smallest absolute Gasteiger partial charge is 0.242 e. The van der Waals surface area contributed by atoms with Gasteiger partial charge in [0, 0.05) is 11.8 Å². The fraction of sp³-hybridized carbons (Fsp3) is 0.125. The third-order valence-electron chi connectivity index (χ3n) is 3.41. The molecular formula is C16H13N5O2. The molecule has 0 radical (unpaired) electrons. The molecule has 0 atom stereocenters. The number of aromatic nitrogens is 5. The van der Waals surface area contributed by atoms with Crippen LogP contribution in [-0.2, 0) is 0 Å². The molecule has 0 spiro atoms. The number of furan rings is 1. The highest BCUT2D eigenvalue weighted by Gasteiger charge is 2.18. The van der Waals surface area contributed by atoms with Crippen LogP contribution in [0.2, 0.25) is 0 Å². The van der Waals surface area contributed by atoms with E-state index in [9.17, 15) is 0 Å². The third-order valence-corrected chi connectivity index (χ3v) is 3.41. The molecule has 0 aliphatic carbocycles. The Morgan fingerprint density at radius 3 is 3.00 bits per heavy atom. The second kappa shape index (κ2) is 5.53. The van der Waals surface area contributed by atoms with Crippen molar-refractivity contribution >= 4 is 11.0 Å². The highest BCUT2D eigenvalue weighted by molar-refractivity contribution is 5.90. The molecule has 7 nitrogen and oxygen atoms in total. The highest BCUT2D eigenvalue weighted by atomic mass is 16.5. The molecule has 0 saturated heterocycles. The molecule has 0 aliphatic heterocycles. The standard InChI is InChI=1S/C16H13N5O2/c1-2-22-16-11-8-10(12-5-6-17-9-18-12)14(13-4-3-7-23-13)19-15(11)20-21-16/h3-9H,2H2,1H3,(H,19,20,21). The average Bonchev–Trinajstić information content (AvgIpc) is 3.25. The number of hydrogen-bond acceptors (Lipinski definition) is 6. The number of H-pyrrole nitrogens is 1. The van der Waals surface area contributed by atoms with Gasteiger partial charge in [-0.2, -0.15) is 0 Å². The van der Waals surface area contributed by atoms with Crippen LogP contribution in [0.3, 0.4) is 0 Å². The molecule has 0 amide bonds. The Balaban J connectivity index is 1.99. The Morgan fingerprint density at radius 2 is 2.26 bits per heavy atom. The van der Waals surface area contributed by atoms with E-state index in [-0.39, 0.29) is 0 Å². The molecule has 0 fully saturated rings. The van der Waals surface area contributed by atoms with Crippen LogP contribution in [0.1, 0.15) is 6.92 Å². The van der Waals surface area contributed by atoms with Crippen molar-refractivity contribution in [2.24, 2.45) is 0 Å². The van der Waals surface area contributed by atoms with Crippen molar-refractivity contribution in [1.82, 2.24) is 25.1 Å². The lowest BCUT2D eigenvalue weighted by Crippen LogP contribution is -1.94. The second-order valence-electron chi connectivity index (χ2n) is 4.81. The van der Waals surface area contributed by atoms with E-state index in [0.717, 1.165) is 16.6 Å². The van der Waals surface area contributed by atoms with Crippen LogP contribution in [0.25, 0.3) is 33.7 Å². The molecule has 1 N–H and O–H groups in total. The predicted octanol–water partition coefficient (Wildman–Crippen LogP) is 3.07. The van der Waals surface area contributed by atoms with Gasteiger partial charge >= 0.3 is 0 Å². The van der Waals surface area contributed by atoms with E-state index in [1.165, 1.54) is 6.33 Å². The molecule has 114 valence electrons. The van der Waals surface area contributed by atoms with Crippen LogP contribution in [-0.4, -0.2) is 31.8 Å². The summed E-state index contributed by atoms with van der Waals surface area (Å²) in [6.45, 7) is 2.44. The fourth-order valence-electron chi connectivity index (χ4n) is 2.42. The number of rotatable bonds is 4. The molecule has 4 aromatic heterocycles. The molecule has 0 unspecified atom stereocenters. The monoisotopic (exact) mass is 307 g/mol. The van der Waals surface area contributed by atoms with Gasteiger partial charge < -0.3 is 9.15 Å². The van der Waals surface area contributed by atoms with Crippen LogP contribution in [0.15, 0.2) is 47.5 Å². The fourth-order valence-corrected chi connectivity index (χ4v) is 2.42. The van der Waals surface area contributed by atoms with E-state index in [1.54, 1.807) is 12.5 Å². The van der Waals surface area contributed by atoms with Crippen molar-refractivity contribution in [3.63, 3.8) is 0 Å². The van der Waals surface area contributed by atoms with E-state index < -0.39 is 0 Å². The lowest BCUT2D eigenvalue weighted by atomic mass is 10.1. The zero-order valence-corrected chi connectivity index (χ0v) is 12.4. The number of nitrogens with zero attached hydrogens (tertiary/aromatic N) is 4. The van der Waals surface area contributed by atoms with Gasteiger partial charge in [0.15, 0.2) is 11.4 Å². The average molecular weight is 307 g/mol. The Morgan fingerprint density at radius 1 is 1.30 bits per heavy atom. The lowest BCUT2D eigenvalue weighted by molar-refractivity contribution is 0.330. The van der Waals surface area contributed by atoms with E-state index in [4.69, 9.17) is 9.15 Å². The van der Waals surface area contributed by atoms with Gasteiger partial charge in [-0.1, -0.05) is 0 Å². The van der Waals surface area contributed by atoms with Crippen LogP contribution in [0.4, 0.5) is 0 Å². The highest BCUT2D eigenvalue weighted by Crippen LogP contribution is 2.34. The first-order valence-electron chi connectivity index (χ1n) is 7.19. The van der Waals surface area contributed by atoms with E-state index >= 15 is 0 Å². The van der Waals surface area contributed by atoms with Gasteiger partial charge in [-0.3, -0.25) is 5.10 Å². The summed E-state index contributed by atoms with van der Waals surface area (Å²) in [4.78, 5) is 12.9. The molecule has 4 aromatic rings. The first-order chi connectivity index (χ1) is 11.4. The van der Waals surface area contributed by atoms with Crippen LogP contribution in [0.5, 0.6) is 5.88 Å². The van der Waals surface area contributed by atoms with Crippen LogP contribution in [0, 0.1) is 0 Å². The summed E-state index contributed by atoms with van der Waals surface area (Å²) in [5.41, 5.74) is 2.91. The second-order valence-corrected chi connectivity index (χ2v) is 4.81. The normalized spacial score (nSPS) is 11.0. The minimum Gasteiger partial charge on any atom is -0.476 e. The van der Waals surface area contributed by atoms with Gasteiger partial charge in [0.05, 0.1) is 24.0 Å². The number of fused-ring (bicyclic) bond motifs is 1. The molecule has 4 heterocycles. The molecule has 0 aromatic carbocycles. The number of nitrogens with one attached hydrogen (secondary N) is 1. The SMILES string of the molecule is CCOc1n[nH]c2nc(-c3ccco3)c(-c3ccncn3)cc12. The minimum absolute atomic E-state index is 0.524. The molecular weight excluding hydrogens is 294 g/mol. The van der Waals surface area contributed by atoms with Gasteiger partial charge in [0.1, 0.15) is 12.0 Å². The van der Waals surface area contributed by atoms with E-state index in [0.29, 0.717) is 29.6 Å². The molecule has 0 aliphatic rings. The van der Waals surface area contributed by atoms with Crippen molar-refractivity contribution in [3.05, 3.63) is 43.1 Å². The van der Waals surface area contributed by atoms with Gasteiger partial charge in [-0.25, -0.2) is 15.0 Å². The van der Waals surface area contributed by atoms with E-state index in [1.807, 2.05) is 31.2 Å². The molecule has 0 saturated carbocycles. The number of pyridine rings is 1. The van der Waals surface area contributed by atoms with Crippen molar-refractivity contribution in [1.29, 1.82) is 0 Å². The summed E-state index contributed by atoms with van der Waals surface area (Å²) < 4.78 is 11.1. The largest absolute Gasteiger partial charge is 0.476 e. The zero-order chi connectivity index (χ0) is 15.6. The van der Waals surface area contributed by atoms with Crippen molar-refractivity contribution in [2.45, 2.75) is 6.92 Å². The summed E-state index contributed by atoms with van der Waals surface area (Å²) in [6, 6.07) is 7.47. The number of aromatic amines is 1. The molecule has 0 bridgehead atoms. The van der Waals surface area contributed by atoms with Crippen LogP contribution >= 0.6 is 0 Å². The first kappa shape index (κ1) is 13.4. The topological polar surface area (TPSA) is 89.7 Å². The van der Waals surface area contributed by atoms with Crippen molar-refractivity contribution in [2.75, 3.05) is 6.61 Å². The van der Waals surface area contributed by atoms with Gasteiger partial charge in [-0.05, 0) is 31.2 Å². The van der Waals surface area contributed by atoms with E-state index in [2.05, 4.69) is 25.1 Å². The number of hydrogen-bond donors (Lipinski definition) is 1. The molecule has 23 heavy (non-hydrogen) atoms. The molecule has 4 rings (SSSR count). The quantitative estimate of drug-likeness (QED) is 0.623. The molecule has 7 heteroatoms. The summed E-state index contributed by atoms with van der Waals surface area (Å²) in [5.74, 6) is 1.18. The van der Waals surface area contributed by atoms with Crippen molar-refractivity contribution < 1.29 is 9.15 Å². The summed E-state index contributed by atoms with van der Waals surface area (Å²) in [5, 5.41) is 7.86. The Labute approximate surface area is 131 Å². The maximum Gasteiger partial charge on any atom is 0.242 e. The first-order valence-corrected chi connectivity index (χ1v) is 7.19. The third kappa shape index (κ3) is 2.32. The summed E-state index contributed by atoms with van der Waals surface area (Å²) in [6.07, 6.45) is 4.81. The maximum absolute atomic E-state index is 5.54. The lowest BCUT2D eigenvalue weighted by Gasteiger charge is -2.07. The Bertz CT molecular complexity index is 932. The van der Waals surface area contributed by atoms with Crippen molar-refractivity contribution in [3.8, 4) is 28.6 Å². The van der Waals surface area contributed by atoms with Gasteiger partial charge in [-0.15, -0.1) is 5.10 Å². The maximum atomic E-state index is 5.54. The van der Waals surface area contributed by atoms with Gasteiger partial charge in [0.25, 0.3) is 0 Å². The minimum atomic E-state index is 0.524.